The molecule has 1 aromatic rings. The number of pyridine rings is 1. The first-order chi connectivity index (χ1) is 4.91. The molecule has 56 valence electrons. The molecule has 1 heterocycles. The van der Waals surface area contributed by atoms with Crippen molar-refractivity contribution in [2.24, 2.45) is 0 Å². The summed E-state index contributed by atoms with van der Waals surface area (Å²) in [6.07, 6.45) is 3.50. The number of hydrogen-bond donors (Lipinski definition) is 2. The van der Waals surface area contributed by atoms with Gasteiger partial charge < -0.3 is 10.2 Å². The van der Waals surface area contributed by atoms with Gasteiger partial charge in [0.2, 0.25) is 0 Å². The molecule has 0 atom stereocenters. The zero-order valence-electron chi connectivity index (χ0n) is 5.64. The quantitative estimate of drug-likeness (QED) is 0.581. The van der Waals surface area contributed by atoms with Crippen LogP contribution in [0.1, 0.15) is 0 Å². The highest BCUT2D eigenvalue weighted by Gasteiger charge is 1.58. The number of aromatic nitrogens is 1. The summed E-state index contributed by atoms with van der Waals surface area (Å²) in [4.78, 5) is 3.78. The van der Waals surface area contributed by atoms with Gasteiger partial charge in [0.15, 0.2) is 0 Å². The van der Waals surface area contributed by atoms with Gasteiger partial charge in [0.05, 0.1) is 13.2 Å². The van der Waals surface area contributed by atoms with Crippen LogP contribution in [-0.4, -0.2) is 28.4 Å². The molecule has 0 saturated carbocycles. The minimum absolute atomic E-state index is 0.125. The van der Waals surface area contributed by atoms with E-state index in [9.17, 15) is 0 Å². The second kappa shape index (κ2) is 8.07. The standard InChI is InChI=1S/C5H5N.C2H6O2/c1-2-4-6-5-3-1;3-1-2-4/h1-5H;3-4H,1-2H2. The lowest BCUT2D eigenvalue weighted by Crippen LogP contribution is -1.85. The van der Waals surface area contributed by atoms with Gasteiger partial charge in [-0.1, -0.05) is 6.07 Å². The first-order valence-corrected chi connectivity index (χ1v) is 2.98. The van der Waals surface area contributed by atoms with Gasteiger partial charge in [0.1, 0.15) is 0 Å². The van der Waals surface area contributed by atoms with E-state index in [1.807, 2.05) is 18.2 Å². The Labute approximate surface area is 60.0 Å². The maximum absolute atomic E-state index is 7.62. The first-order valence-electron chi connectivity index (χ1n) is 2.98. The number of aliphatic hydroxyl groups is 2. The van der Waals surface area contributed by atoms with Crippen molar-refractivity contribution in [3.63, 3.8) is 0 Å². The van der Waals surface area contributed by atoms with Crippen LogP contribution in [0.4, 0.5) is 0 Å². The van der Waals surface area contributed by atoms with Crippen molar-refractivity contribution >= 4 is 0 Å². The van der Waals surface area contributed by atoms with Gasteiger partial charge in [-0.15, -0.1) is 0 Å². The van der Waals surface area contributed by atoms with Crippen LogP contribution in [0.5, 0.6) is 0 Å². The largest absolute Gasteiger partial charge is 0.394 e. The molecular formula is C7H11NO2. The van der Waals surface area contributed by atoms with Gasteiger partial charge >= 0.3 is 0 Å². The molecule has 0 bridgehead atoms. The summed E-state index contributed by atoms with van der Waals surface area (Å²) in [5.74, 6) is 0. The molecule has 3 heteroatoms. The van der Waals surface area contributed by atoms with E-state index in [1.54, 1.807) is 12.4 Å². The van der Waals surface area contributed by atoms with E-state index in [0.717, 1.165) is 0 Å². The Kier molecular flexibility index (Phi) is 7.32. The summed E-state index contributed by atoms with van der Waals surface area (Å²) in [6, 6.07) is 5.72. The van der Waals surface area contributed by atoms with Crippen LogP contribution < -0.4 is 0 Å². The monoisotopic (exact) mass is 141 g/mol. The van der Waals surface area contributed by atoms with Crippen molar-refractivity contribution in [1.29, 1.82) is 0 Å². The number of nitrogens with zero attached hydrogens (tertiary/aromatic N) is 1. The molecule has 3 nitrogen and oxygen atoms in total. The van der Waals surface area contributed by atoms with Crippen LogP contribution >= 0.6 is 0 Å². The lowest BCUT2D eigenvalue weighted by Gasteiger charge is -1.70. The van der Waals surface area contributed by atoms with Crippen LogP contribution in [-0.2, 0) is 0 Å². The number of aliphatic hydroxyl groups excluding tert-OH is 2. The molecule has 0 aliphatic rings. The van der Waals surface area contributed by atoms with E-state index in [4.69, 9.17) is 10.2 Å². The highest BCUT2D eigenvalue weighted by Crippen LogP contribution is 1.73. The minimum atomic E-state index is -0.125. The van der Waals surface area contributed by atoms with Crippen molar-refractivity contribution in [3.8, 4) is 0 Å². The van der Waals surface area contributed by atoms with E-state index in [-0.39, 0.29) is 13.2 Å². The zero-order valence-corrected chi connectivity index (χ0v) is 5.64. The fourth-order valence-corrected chi connectivity index (χ4v) is 0.313. The lowest BCUT2D eigenvalue weighted by atomic mass is 10.5. The highest BCUT2D eigenvalue weighted by molar-refractivity contribution is 4.88. The molecule has 0 saturated heterocycles. The lowest BCUT2D eigenvalue weighted by molar-refractivity contribution is 0.186. The topological polar surface area (TPSA) is 53.4 Å². The van der Waals surface area contributed by atoms with E-state index < -0.39 is 0 Å². The molecule has 0 aliphatic heterocycles. The Hall–Kier alpha value is -0.930. The van der Waals surface area contributed by atoms with E-state index in [2.05, 4.69) is 4.98 Å². The van der Waals surface area contributed by atoms with Gasteiger partial charge in [-0.2, -0.15) is 0 Å². The van der Waals surface area contributed by atoms with Gasteiger partial charge in [-0.05, 0) is 12.1 Å². The smallest absolute Gasteiger partial charge is 0.0662 e. The normalized spacial score (nSPS) is 7.80. The average Bonchev–Trinajstić information content (AvgIpc) is 2.08. The fraction of sp³-hybridized carbons (Fsp3) is 0.286. The summed E-state index contributed by atoms with van der Waals surface area (Å²) < 4.78 is 0. The van der Waals surface area contributed by atoms with E-state index in [1.165, 1.54) is 0 Å². The SMILES string of the molecule is OCCO.c1ccncc1. The van der Waals surface area contributed by atoms with Gasteiger partial charge in [0, 0.05) is 12.4 Å². The molecule has 0 fully saturated rings. The zero-order chi connectivity index (χ0) is 7.66. The molecule has 1 aromatic heterocycles. The van der Waals surface area contributed by atoms with Gasteiger partial charge in [0.25, 0.3) is 0 Å². The van der Waals surface area contributed by atoms with Crippen molar-refractivity contribution < 1.29 is 10.2 Å². The van der Waals surface area contributed by atoms with Crippen molar-refractivity contribution in [1.82, 2.24) is 4.98 Å². The van der Waals surface area contributed by atoms with Gasteiger partial charge in [-0.3, -0.25) is 4.98 Å². The van der Waals surface area contributed by atoms with Crippen LogP contribution in [0, 0.1) is 0 Å². The highest BCUT2D eigenvalue weighted by atomic mass is 16.3. The molecule has 10 heavy (non-hydrogen) atoms. The molecule has 0 unspecified atom stereocenters. The molecule has 0 amide bonds. The van der Waals surface area contributed by atoms with Crippen LogP contribution in [0.15, 0.2) is 30.6 Å². The van der Waals surface area contributed by atoms with Crippen LogP contribution in [0.3, 0.4) is 0 Å². The van der Waals surface area contributed by atoms with E-state index in [0.29, 0.717) is 0 Å². The minimum Gasteiger partial charge on any atom is -0.394 e. The average molecular weight is 141 g/mol. The second-order valence-corrected chi connectivity index (χ2v) is 1.47. The summed E-state index contributed by atoms with van der Waals surface area (Å²) >= 11 is 0. The summed E-state index contributed by atoms with van der Waals surface area (Å²) in [6.45, 7) is -0.250. The molecule has 0 spiro atoms. The predicted molar refractivity (Wildman–Crippen MR) is 38.4 cm³/mol. The molecule has 0 radical (unpaired) electrons. The molecule has 0 aromatic carbocycles. The van der Waals surface area contributed by atoms with Crippen molar-refractivity contribution in [2.75, 3.05) is 13.2 Å². The van der Waals surface area contributed by atoms with Crippen molar-refractivity contribution in [3.05, 3.63) is 30.6 Å². The van der Waals surface area contributed by atoms with Crippen molar-refractivity contribution in [2.45, 2.75) is 0 Å². The summed E-state index contributed by atoms with van der Waals surface area (Å²) in [7, 11) is 0. The third-order valence-corrected chi connectivity index (χ3v) is 0.666. The Balaban J connectivity index is 0.000000180. The first kappa shape index (κ1) is 9.07. The Morgan fingerprint density at radius 2 is 1.40 bits per heavy atom. The molecule has 0 aliphatic carbocycles. The summed E-state index contributed by atoms with van der Waals surface area (Å²) in [5, 5.41) is 15.2. The van der Waals surface area contributed by atoms with E-state index >= 15 is 0 Å². The fourth-order valence-electron chi connectivity index (χ4n) is 0.313. The Morgan fingerprint density at radius 1 is 0.900 bits per heavy atom. The predicted octanol–water partition coefficient (Wildman–Crippen LogP) is 0.0526. The third-order valence-electron chi connectivity index (χ3n) is 0.666. The Morgan fingerprint density at radius 3 is 1.50 bits per heavy atom. The second-order valence-electron chi connectivity index (χ2n) is 1.47. The van der Waals surface area contributed by atoms with Gasteiger partial charge in [-0.25, -0.2) is 0 Å². The maximum atomic E-state index is 7.62. The van der Waals surface area contributed by atoms with Crippen LogP contribution in [0.25, 0.3) is 0 Å². The number of rotatable bonds is 1. The molecule has 1 rings (SSSR count). The Bertz CT molecular complexity index is 104. The maximum Gasteiger partial charge on any atom is 0.0662 e. The number of hydrogen-bond acceptors (Lipinski definition) is 3. The molecular weight excluding hydrogens is 130 g/mol. The molecule has 2 N–H and O–H groups in total. The van der Waals surface area contributed by atoms with Crippen LogP contribution in [0.2, 0.25) is 0 Å². The third kappa shape index (κ3) is 7.07. The summed E-state index contributed by atoms with van der Waals surface area (Å²) in [5.41, 5.74) is 0.